The highest BCUT2D eigenvalue weighted by atomic mass is 19.3. The van der Waals surface area contributed by atoms with E-state index in [4.69, 9.17) is 20.2 Å². The second kappa shape index (κ2) is 11.5. The Morgan fingerprint density at radius 3 is 2.24 bits per heavy atom. The van der Waals surface area contributed by atoms with Crippen LogP contribution in [0.2, 0.25) is 0 Å². The molecule has 0 amide bonds. The van der Waals surface area contributed by atoms with Gasteiger partial charge in [0.1, 0.15) is 22.9 Å². The van der Waals surface area contributed by atoms with Crippen LogP contribution in [0.25, 0.3) is 0 Å². The van der Waals surface area contributed by atoms with E-state index in [9.17, 15) is 13.2 Å². The van der Waals surface area contributed by atoms with E-state index in [2.05, 4.69) is 24.1 Å². The van der Waals surface area contributed by atoms with Crippen molar-refractivity contribution in [2.45, 2.75) is 46.8 Å². The molecule has 34 heavy (non-hydrogen) atoms. The molecule has 0 spiro atoms. The summed E-state index contributed by atoms with van der Waals surface area (Å²) >= 11 is 0. The van der Waals surface area contributed by atoms with Crippen molar-refractivity contribution in [3.05, 3.63) is 53.8 Å². The topological polar surface area (TPSA) is 72.1 Å². The van der Waals surface area contributed by atoms with Gasteiger partial charge in [0.15, 0.2) is 5.96 Å². The molecule has 9 heteroatoms. The van der Waals surface area contributed by atoms with Crippen LogP contribution in [0.5, 0.6) is 11.5 Å². The van der Waals surface area contributed by atoms with Crippen LogP contribution in [0.3, 0.4) is 0 Å². The molecule has 2 rings (SSSR count). The van der Waals surface area contributed by atoms with Gasteiger partial charge in [-0.25, -0.2) is 4.39 Å². The molecular weight excluding hydrogens is 445 g/mol. The van der Waals surface area contributed by atoms with Gasteiger partial charge >= 0.3 is 6.11 Å². The first-order chi connectivity index (χ1) is 15.9. The minimum atomic E-state index is -3.86. The number of aliphatic imine (C=N–C) groups is 1. The lowest BCUT2D eigenvalue weighted by Gasteiger charge is -2.30. The SMILES string of the molecule is CCN(C(=NCC(C)(C)CN)Nc1ccc(OC(F)(F)c2ccc(OC)cc2F)cc1)C(C)C. The van der Waals surface area contributed by atoms with E-state index >= 15 is 0 Å². The van der Waals surface area contributed by atoms with Crippen molar-refractivity contribution in [3.63, 3.8) is 0 Å². The maximum Gasteiger partial charge on any atom is 0.429 e. The number of alkyl halides is 2. The van der Waals surface area contributed by atoms with Crippen molar-refractivity contribution in [2.24, 2.45) is 16.1 Å². The number of halogens is 3. The number of anilines is 1. The second-order valence-electron chi connectivity index (χ2n) is 9.00. The first-order valence-corrected chi connectivity index (χ1v) is 11.2. The van der Waals surface area contributed by atoms with Gasteiger partial charge in [0.2, 0.25) is 0 Å². The van der Waals surface area contributed by atoms with Crippen LogP contribution in [0.15, 0.2) is 47.5 Å². The van der Waals surface area contributed by atoms with E-state index < -0.39 is 17.5 Å². The fourth-order valence-corrected chi connectivity index (χ4v) is 3.11. The van der Waals surface area contributed by atoms with Crippen molar-refractivity contribution in [3.8, 4) is 11.5 Å². The molecule has 0 aliphatic heterocycles. The summed E-state index contributed by atoms with van der Waals surface area (Å²) in [6.07, 6.45) is -3.86. The van der Waals surface area contributed by atoms with Gasteiger partial charge < -0.3 is 25.4 Å². The Kier molecular flexibility index (Phi) is 9.21. The molecule has 3 N–H and O–H groups in total. The molecule has 0 unspecified atom stereocenters. The first kappa shape index (κ1) is 27.3. The Balaban J connectivity index is 2.21. The first-order valence-electron chi connectivity index (χ1n) is 11.2. The highest BCUT2D eigenvalue weighted by Crippen LogP contribution is 2.34. The molecule has 0 saturated heterocycles. The summed E-state index contributed by atoms with van der Waals surface area (Å²) < 4.78 is 53.0. The summed E-state index contributed by atoms with van der Waals surface area (Å²) in [6.45, 7) is 12.0. The van der Waals surface area contributed by atoms with Crippen LogP contribution < -0.4 is 20.5 Å². The monoisotopic (exact) mass is 480 g/mol. The molecule has 0 heterocycles. The highest BCUT2D eigenvalue weighted by molar-refractivity contribution is 5.94. The zero-order valence-electron chi connectivity index (χ0n) is 20.7. The third-order valence-corrected chi connectivity index (χ3v) is 5.29. The Morgan fingerprint density at radius 1 is 1.12 bits per heavy atom. The number of hydrogen-bond donors (Lipinski definition) is 2. The molecule has 188 valence electrons. The zero-order chi connectivity index (χ0) is 25.5. The van der Waals surface area contributed by atoms with Crippen molar-refractivity contribution in [1.82, 2.24) is 4.90 Å². The highest BCUT2D eigenvalue weighted by Gasteiger charge is 2.37. The predicted octanol–water partition coefficient (Wildman–Crippen LogP) is 5.45. The van der Waals surface area contributed by atoms with Crippen LogP contribution in [0.4, 0.5) is 18.9 Å². The molecule has 0 radical (unpaired) electrons. The minimum absolute atomic E-state index is 0.107. The van der Waals surface area contributed by atoms with Gasteiger partial charge in [-0.05, 0) is 69.1 Å². The number of nitrogens with two attached hydrogens (primary N) is 1. The van der Waals surface area contributed by atoms with Crippen LogP contribution in [-0.2, 0) is 6.11 Å². The summed E-state index contributed by atoms with van der Waals surface area (Å²) in [4.78, 5) is 6.84. The lowest BCUT2D eigenvalue weighted by Crippen LogP contribution is -2.42. The van der Waals surface area contributed by atoms with Gasteiger partial charge in [-0.1, -0.05) is 13.8 Å². The molecule has 0 bridgehead atoms. The van der Waals surface area contributed by atoms with E-state index in [-0.39, 0.29) is 23.0 Å². The lowest BCUT2D eigenvalue weighted by molar-refractivity contribution is -0.187. The Morgan fingerprint density at radius 2 is 1.74 bits per heavy atom. The van der Waals surface area contributed by atoms with Crippen LogP contribution in [0.1, 0.15) is 40.2 Å². The van der Waals surface area contributed by atoms with Crippen molar-refractivity contribution in [1.29, 1.82) is 0 Å². The van der Waals surface area contributed by atoms with Crippen LogP contribution in [0, 0.1) is 11.2 Å². The van der Waals surface area contributed by atoms with E-state index in [0.29, 0.717) is 24.7 Å². The van der Waals surface area contributed by atoms with Gasteiger partial charge in [0.05, 0.1) is 7.11 Å². The average molecular weight is 481 g/mol. The number of methoxy groups -OCH3 is 1. The number of nitrogens with one attached hydrogen (secondary N) is 1. The standard InChI is InChI=1S/C25H35F3N4O2/c1-7-32(17(2)3)23(30-16-24(4,5)15-29)31-18-8-10-19(11-9-18)34-25(27,28)21-13-12-20(33-6)14-22(21)26/h8-14,17H,7,15-16,29H2,1-6H3,(H,30,31). The van der Waals surface area contributed by atoms with Crippen molar-refractivity contribution < 1.29 is 22.6 Å². The molecule has 0 aliphatic carbocycles. The van der Waals surface area contributed by atoms with Crippen LogP contribution >= 0.6 is 0 Å². The smallest absolute Gasteiger partial charge is 0.429 e. The molecular formula is C25H35F3N4O2. The number of guanidine groups is 1. The average Bonchev–Trinajstić information content (AvgIpc) is 2.78. The van der Waals surface area contributed by atoms with Gasteiger partial charge in [0, 0.05) is 30.9 Å². The number of benzene rings is 2. The van der Waals surface area contributed by atoms with E-state index in [1.807, 2.05) is 20.8 Å². The summed E-state index contributed by atoms with van der Waals surface area (Å²) in [6, 6.07) is 9.28. The summed E-state index contributed by atoms with van der Waals surface area (Å²) in [5.74, 6) is -0.414. The van der Waals surface area contributed by atoms with E-state index in [1.54, 1.807) is 12.1 Å². The molecule has 0 aromatic heterocycles. The molecule has 0 atom stereocenters. The maximum atomic E-state index is 14.6. The second-order valence-corrected chi connectivity index (χ2v) is 9.00. The zero-order valence-corrected chi connectivity index (χ0v) is 20.7. The molecule has 0 aliphatic rings. The number of rotatable bonds is 10. The summed E-state index contributed by atoms with van der Waals surface area (Å²) in [5, 5.41) is 3.27. The maximum absolute atomic E-state index is 14.6. The lowest BCUT2D eigenvalue weighted by atomic mass is 9.94. The fraction of sp³-hybridized carbons (Fsp3) is 0.480. The quantitative estimate of drug-likeness (QED) is 0.350. The Labute approximate surface area is 200 Å². The van der Waals surface area contributed by atoms with Crippen LogP contribution in [-0.4, -0.2) is 43.6 Å². The fourth-order valence-electron chi connectivity index (χ4n) is 3.11. The predicted molar refractivity (Wildman–Crippen MR) is 130 cm³/mol. The number of hydrogen-bond acceptors (Lipinski definition) is 4. The summed E-state index contributed by atoms with van der Waals surface area (Å²) in [7, 11) is 1.33. The number of ether oxygens (including phenoxy) is 2. The number of nitrogens with zero attached hydrogens (tertiary/aromatic N) is 2. The summed E-state index contributed by atoms with van der Waals surface area (Å²) in [5.41, 5.74) is 5.45. The van der Waals surface area contributed by atoms with Crippen molar-refractivity contribution in [2.75, 3.05) is 32.1 Å². The Bertz CT molecular complexity index is 963. The molecule has 0 saturated carbocycles. The van der Waals surface area contributed by atoms with Gasteiger partial charge in [-0.15, -0.1) is 0 Å². The van der Waals surface area contributed by atoms with Gasteiger partial charge in [-0.3, -0.25) is 4.99 Å². The Hall–Kier alpha value is -2.94. The van der Waals surface area contributed by atoms with E-state index in [0.717, 1.165) is 18.7 Å². The minimum Gasteiger partial charge on any atom is -0.497 e. The molecule has 0 fully saturated rings. The van der Waals surface area contributed by atoms with Gasteiger partial charge in [0.25, 0.3) is 0 Å². The third kappa shape index (κ3) is 7.28. The van der Waals surface area contributed by atoms with Gasteiger partial charge in [-0.2, -0.15) is 8.78 Å². The normalized spacial score (nSPS) is 12.6. The molecule has 6 nitrogen and oxygen atoms in total. The largest absolute Gasteiger partial charge is 0.497 e. The van der Waals surface area contributed by atoms with Crippen molar-refractivity contribution >= 4 is 11.6 Å². The molecule has 2 aromatic rings. The third-order valence-electron chi connectivity index (χ3n) is 5.29. The van der Waals surface area contributed by atoms with E-state index in [1.165, 1.54) is 25.3 Å². The molecule has 2 aromatic carbocycles.